The van der Waals surface area contributed by atoms with Gasteiger partial charge in [0.05, 0.1) is 10.7 Å². The van der Waals surface area contributed by atoms with Crippen LogP contribution >= 0.6 is 22.7 Å². The number of nitrogens with zero attached hydrogens (tertiary/aromatic N) is 1. The third-order valence-electron chi connectivity index (χ3n) is 2.55. The van der Waals surface area contributed by atoms with E-state index >= 15 is 0 Å². The van der Waals surface area contributed by atoms with Crippen molar-refractivity contribution in [1.29, 1.82) is 0 Å². The van der Waals surface area contributed by atoms with E-state index in [2.05, 4.69) is 41.0 Å². The lowest BCUT2D eigenvalue weighted by Crippen LogP contribution is -2.17. The standard InChI is InChI=1S/C12H16N2S2/c1-8-4-5-15-12(8)9(2)13-6-11-7-16-10(3)14-11/h4-5,7,9,13H,6H2,1-3H3. The fourth-order valence-electron chi connectivity index (χ4n) is 1.67. The summed E-state index contributed by atoms with van der Waals surface area (Å²) in [6, 6.07) is 2.58. The van der Waals surface area contributed by atoms with Crippen LogP contribution in [0, 0.1) is 13.8 Å². The minimum Gasteiger partial charge on any atom is -0.304 e. The number of hydrogen-bond acceptors (Lipinski definition) is 4. The predicted molar refractivity (Wildman–Crippen MR) is 71.2 cm³/mol. The van der Waals surface area contributed by atoms with Crippen LogP contribution < -0.4 is 5.32 Å². The van der Waals surface area contributed by atoms with Gasteiger partial charge in [-0.15, -0.1) is 22.7 Å². The second-order valence-corrected chi connectivity index (χ2v) is 5.94. The summed E-state index contributed by atoms with van der Waals surface area (Å²) in [4.78, 5) is 5.87. The van der Waals surface area contributed by atoms with Gasteiger partial charge in [-0.1, -0.05) is 0 Å². The molecule has 0 saturated carbocycles. The van der Waals surface area contributed by atoms with Gasteiger partial charge in [-0.3, -0.25) is 0 Å². The molecule has 0 saturated heterocycles. The predicted octanol–water partition coefficient (Wildman–Crippen LogP) is 3.67. The third kappa shape index (κ3) is 2.70. The number of thiophene rings is 1. The lowest BCUT2D eigenvalue weighted by molar-refractivity contribution is 0.574. The van der Waals surface area contributed by atoms with E-state index in [4.69, 9.17) is 0 Å². The maximum absolute atomic E-state index is 4.45. The highest BCUT2D eigenvalue weighted by Gasteiger charge is 2.09. The number of thiazole rings is 1. The van der Waals surface area contributed by atoms with E-state index in [-0.39, 0.29) is 0 Å². The van der Waals surface area contributed by atoms with Gasteiger partial charge in [0.1, 0.15) is 0 Å². The molecule has 0 radical (unpaired) electrons. The van der Waals surface area contributed by atoms with Crippen LogP contribution in [0.3, 0.4) is 0 Å². The van der Waals surface area contributed by atoms with Crippen LogP contribution in [-0.4, -0.2) is 4.98 Å². The van der Waals surface area contributed by atoms with Crippen molar-refractivity contribution in [2.24, 2.45) is 0 Å². The number of hydrogen-bond donors (Lipinski definition) is 1. The van der Waals surface area contributed by atoms with Crippen molar-refractivity contribution in [3.05, 3.63) is 38.0 Å². The zero-order valence-corrected chi connectivity index (χ0v) is 11.4. The van der Waals surface area contributed by atoms with E-state index in [1.165, 1.54) is 10.4 Å². The highest BCUT2D eigenvalue weighted by atomic mass is 32.1. The molecule has 2 aromatic heterocycles. The Hall–Kier alpha value is -0.710. The van der Waals surface area contributed by atoms with E-state index < -0.39 is 0 Å². The van der Waals surface area contributed by atoms with Gasteiger partial charge in [-0.25, -0.2) is 4.98 Å². The summed E-state index contributed by atoms with van der Waals surface area (Å²) < 4.78 is 0. The average molecular weight is 252 g/mol. The molecule has 86 valence electrons. The molecule has 0 aliphatic heterocycles. The Bertz CT molecular complexity index is 459. The van der Waals surface area contributed by atoms with E-state index in [1.54, 1.807) is 11.3 Å². The van der Waals surface area contributed by atoms with E-state index in [0.717, 1.165) is 17.2 Å². The Morgan fingerprint density at radius 1 is 1.38 bits per heavy atom. The molecular weight excluding hydrogens is 236 g/mol. The Morgan fingerprint density at radius 2 is 2.19 bits per heavy atom. The second-order valence-electron chi connectivity index (χ2n) is 3.93. The summed E-state index contributed by atoms with van der Waals surface area (Å²) in [7, 11) is 0. The van der Waals surface area contributed by atoms with Crippen molar-refractivity contribution in [2.75, 3.05) is 0 Å². The van der Waals surface area contributed by atoms with Crippen LogP contribution in [-0.2, 0) is 6.54 Å². The minimum absolute atomic E-state index is 0.405. The van der Waals surface area contributed by atoms with Gasteiger partial charge < -0.3 is 5.32 Å². The minimum atomic E-state index is 0.405. The van der Waals surface area contributed by atoms with Crippen LogP contribution in [0.5, 0.6) is 0 Å². The zero-order valence-electron chi connectivity index (χ0n) is 9.78. The monoisotopic (exact) mass is 252 g/mol. The molecule has 0 bridgehead atoms. The van der Waals surface area contributed by atoms with Crippen molar-refractivity contribution >= 4 is 22.7 Å². The molecule has 2 heterocycles. The average Bonchev–Trinajstić information content (AvgIpc) is 2.84. The van der Waals surface area contributed by atoms with Gasteiger partial charge in [0.25, 0.3) is 0 Å². The maximum Gasteiger partial charge on any atom is 0.0897 e. The second kappa shape index (κ2) is 5.08. The number of aryl methyl sites for hydroxylation is 2. The van der Waals surface area contributed by atoms with Crippen molar-refractivity contribution in [2.45, 2.75) is 33.4 Å². The highest BCUT2D eigenvalue weighted by Crippen LogP contribution is 2.23. The normalized spacial score (nSPS) is 12.9. The summed E-state index contributed by atoms with van der Waals surface area (Å²) in [5.74, 6) is 0. The number of aromatic nitrogens is 1. The summed E-state index contributed by atoms with van der Waals surface area (Å²) >= 11 is 3.53. The first-order chi connectivity index (χ1) is 7.66. The molecule has 1 atom stereocenters. The number of nitrogens with one attached hydrogen (secondary N) is 1. The van der Waals surface area contributed by atoms with Crippen molar-refractivity contribution in [1.82, 2.24) is 10.3 Å². The molecule has 0 amide bonds. The van der Waals surface area contributed by atoms with Crippen LogP contribution in [0.1, 0.15) is 34.1 Å². The summed E-state index contributed by atoms with van der Waals surface area (Å²) in [6.07, 6.45) is 0. The molecule has 0 aliphatic rings. The summed E-state index contributed by atoms with van der Waals surface area (Å²) in [5, 5.41) is 8.92. The number of rotatable bonds is 4. The summed E-state index contributed by atoms with van der Waals surface area (Å²) in [5.41, 5.74) is 2.52. The van der Waals surface area contributed by atoms with E-state index in [0.29, 0.717) is 6.04 Å². The molecule has 16 heavy (non-hydrogen) atoms. The molecular formula is C12H16N2S2. The molecule has 2 rings (SSSR count). The van der Waals surface area contributed by atoms with Crippen molar-refractivity contribution in [3.8, 4) is 0 Å². The van der Waals surface area contributed by atoms with Crippen LogP contribution in [0.25, 0.3) is 0 Å². The lowest BCUT2D eigenvalue weighted by atomic mass is 10.2. The van der Waals surface area contributed by atoms with E-state index in [9.17, 15) is 0 Å². The van der Waals surface area contributed by atoms with Gasteiger partial charge in [-0.2, -0.15) is 0 Å². The molecule has 0 aromatic carbocycles. The third-order valence-corrected chi connectivity index (χ3v) is 4.57. The first-order valence-corrected chi connectivity index (χ1v) is 7.11. The Morgan fingerprint density at radius 3 is 2.75 bits per heavy atom. The van der Waals surface area contributed by atoms with Crippen molar-refractivity contribution < 1.29 is 0 Å². The van der Waals surface area contributed by atoms with Gasteiger partial charge >= 0.3 is 0 Å². The smallest absolute Gasteiger partial charge is 0.0897 e. The first-order valence-electron chi connectivity index (χ1n) is 5.35. The first kappa shape index (κ1) is 11.8. The highest BCUT2D eigenvalue weighted by molar-refractivity contribution is 7.10. The molecule has 0 fully saturated rings. The Balaban J connectivity index is 1.93. The van der Waals surface area contributed by atoms with Gasteiger partial charge in [0.2, 0.25) is 0 Å². The van der Waals surface area contributed by atoms with Gasteiger partial charge in [0, 0.05) is 22.8 Å². The van der Waals surface area contributed by atoms with Crippen LogP contribution in [0.15, 0.2) is 16.8 Å². The fourth-order valence-corrected chi connectivity index (χ4v) is 3.24. The molecule has 2 nitrogen and oxygen atoms in total. The topological polar surface area (TPSA) is 24.9 Å². The lowest BCUT2D eigenvalue weighted by Gasteiger charge is -2.12. The molecule has 1 unspecified atom stereocenters. The van der Waals surface area contributed by atoms with Crippen LogP contribution in [0.2, 0.25) is 0 Å². The molecule has 4 heteroatoms. The Labute approximate surface area is 104 Å². The molecule has 0 aliphatic carbocycles. The zero-order chi connectivity index (χ0) is 11.5. The quantitative estimate of drug-likeness (QED) is 0.898. The van der Waals surface area contributed by atoms with E-state index in [1.807, 2.05) is 18.3 Å². The van der Waals surface area contributed by atoms with Crippen LogP contribution in [0.4, 0.5) is 0 Å². The van der Waals surface area contributed by atoms with Crippen molar-refractivity contribution in [3.63, 3.8) is 0 Å². The van der Waals surface area contributed by atoms with Gasteiger partial charge in [0.15, 0.2) is 0 Å². The molecule has 2 aromatic rings. The fraction of sp³-hybridized carbons (Fsp3) is 0.417. The molecule has 1 N–H and O–H groups in total. The van der Waals surface area contributed by atoms with Gasteiger partial charge in [-0.05, 0) is 37.8 Å². The molecule has 0 spiro atoms. The summed E-state index contributed by atoms with van der Waals surface area (Å²) in [6.45, 7) is 7.26. The maximum atomic E-state index is 4.45. The largest absolute Gasteiger partial charge is 0.304 e. The SMILES string of the molecule is Cc1nc(CNC(C)c2sccc2C)cs1. The Kier molecular flexibility index (Phi) is 3.74.